The maximum absolute atomic E-state index is 10.4. The number of nitrogens with one attached hydrogen (secondary N) is 1. The highest BCUT2D eigenvalue weighted by atomic mass is 16.5. The smallest absolute Gasteiger partial charge is 0.164 e. The number of hydrogen-bond acceptors (Lipinski definition) is 5. The number of hydrogen-bond donors (Lipinski definition) is 2. The van der Waals surface area contributed by atoms with E-state index in [1.807, 2.05) is 42.5 Å². The molecule has 0 amide bonds. The highest BCUT2D eigenvalue weighted by Gasteiger charge is 2.23. The topological polar surface area (TPSA) is 60.0 Å². The molecule has 1 aliphatic rings. The summed E-state index contributed by atoms with van der Waals surface area (Å²) in [5, 5.41) is 13.7. The fourth-order valence-electron chi connectivity index (χ4n) is 2.93. The molecule has 2 atom stereocenters. The Bertz CT molecular complexity index is 689. The van der Waals surface area contributed by atoms with Gasteiger partial charge in [-0.25, -0.2) is 0 Å². The summed E-state index contributed by atoms with van der Waals surface area (Å²) < 4.78 is 16.4. The van der Waals surface area contributed by atoms with Gasteiger partial charge in [0.1, 0.15) is 12.4 Å². The van der Waals surface area contributed by atoms with E-state index < -0.39 is 6.10 Å². The van der Waals surface area contributed by atoms with Gasteiger partial charge in [0.05, 0.1) is 20.3 Å². The maximum atomic E-state index is 10.4. The summed E-state index contributed by atoms with van der Waals surface area (Å²) in [6.07, 6.45) is 0.254. The van der Waals surface area contributed by atoms with Gasteiger partial charge in [-0.15, -0.1) is 0 Å². The SMILES string of the molecule is COc1cccc([C@H](O)CN[C@H]2COc3c(cccc3OC)C2)c1. The van der Waals surface area contributed by atoms with E-state index in [2.05, 4.69) is 5.32 Å². The van der Waals surface area contributed by atoms with Crippen LogP contribution in [0.2, 0.25) is 0 Å². The lowest BCUT2D eigenvalue weighted by Crippen LogP contribution is -2.41. The minimum absolute atomic E-state index is 0.157. The van der Waals surface area contributed by atoms with Crippen LogP contribution in [-0.2, 0) is 6.42 Å². The van der Waals surface area contributed by atoms with Gasteiger partial charge in [-0.05, 0) is 35.7 Å². The first-order valence-electron chi connectivity index (χ1n) is 8.05. The molecule has 0 saturated carbocycles. The molecule has 2 aromatic carbocycles. The average molecular weight is 329 g/mol. The van der Waals surface area contributed by atoms with E-state index in [-0.39, 0.29) is 6.04 Å². The van der Waals surface area contributed by atoms with Crippen LogP contribution in [0.15, 0.2) is 42.5 Å². The van der Waals surface area contributed by atoms with Crippen molar-refractivity contribution in [1.82, 2.24) is 5.32 Å². The van der Waals surface area contributed by atoms with Crippen LogP contribution in [0.5, 0.6) is 17.2 Å². The van der Waals surface area contributed by atoms with Crippen molar-refractivity contribution in [2.45, 2.75) is 18.6 Å². The normalized spacial score (nSPS) is 17.5. The van der Waals surface area contributed by atoms with E-state index in [0.29, 0.717) is 13.2 Å². The van der Waals surface area contributed by atoms with Gasteiger partial charge in [0, 0.05) is 12.6 Å². The molecule has 128 valence electrons. The Kier molecular flexibility index (Phi) is 5.23. The zero-order valence-electron chi connectivity index (χ0n) is 14.0. The fourth-order valence-corrected chi connectivity index (χ4v) is 2.93. The highest BCUT2D eigenvalue weighted by molar-refractivity contribution is 5.48. The van der Waals surface area contributed by atoms with Crippen LogP contribution < -0.4 is 19.5 Å². The van der Waals surface area contributed by atoms with Gasteiger partial charge >= 0.3 is 0 Å². The first-order valence-corrected chi connectivity index (χ1v) is 8.05. The zero-order valence-corrected chi connectivity index (χ0v) is 14.0. The van der Waals surface area contributed by atoms with Crippen LogP contribution in [0.3, 0.4) is 0 Å². The van der Waals surface area contributed by atoms with Gasteiger partial charge in [0.25, 0.3) is 0 Å². The monoisotopic (exact) mass is 329 g/mol. The predicted octanol–water partition coefficient (Wildman–Crippen LogP) is 2.33. The van der Waals surface area contributed by atoms with Gasteiger partial charge < -0.3 is 24.6 Å². The Morgan fingerprint density at radius 2 is 2.04 bits per heavy atom. The van der Waals surface area contributed by atoms with Crippen molar-refractivity contribution in [3.05, 3.63) is 53.6 Å². The molecule has 5 heteroatoms. The molecule has 0 aliphatic carbocycles. The third kappa shape index (κ3) is 3.63. The molecule has 5 nitrogen and oxygen atoms in total. The van der Waals surface area contributed by atoms with E-state index in [9.17, 15) is 5.11 Å². The Balaban J connectivity index is 1.59. The molecule has 1 aliphatic heterocycles. The number of methoxy groups -OCH3 is 2. The van der Waals surface area contributed by atoms with Gasteiger partial charge in [-0.3, -0.25) is 0 Å². The molecule has 0 unspecified atom stereocenters. The van der Waals surface area contributed by atoms with Gasteiger partial charge in [-0.1, -0.05) is 24.3 Å². The van der Waals surface area contributed by atoms with Gasteiger partial charge in [0.15, 0.2) is 11.5 Å². The zero-order chi connectivity index (χ0) is 16.9. The second-order valence-corrected chi connectivity index (χ2v) is 5.86. The van der Waals surface area contributed by atoms with E-state index in [0.717, 1.165) is 34.8 Å². The molecular formula is C19H23NO4. The van der Waals surface area contributed by atoms with Gasteiger partial charge in [-0.2, -0.15) is 0 Å². The summed E-state index contributed by atoms with van der Waals surface area (Å²) in [6.45, 7) is 1.01. The molecule has 0 spiro atoms. The van der Waals surface area contributed by atoms with E-state index in [1.165, 1.54) is 0 Å². The summed E-state index contributed by atoms with van der Waals surface area (Å²) in [5.74, 6) is 2.34. The van der Waals surface area contributed by atoms with Crippen molar-refractivity contribution in [3.8, 4) is 17.2 Å². The molecule has 0 fully saturated rings. The summed E-state index contributed by atoms with van der Waals surface area (Å²) in [5.41, 5.74) is 1.95. The molecule has 0 radical (unpaired) electrons. The lowest BCUT2D eigenvalue weighted by atomic mass is 10.0. The molecule has 0 aromatic heterocycles. The Morgan fingerprint density at radius 3 is 2.83 bits per heavy atom. The van der Waals surface area contributed by atoms with Crippen LogP contribution in [0.4, 0.5) is 0 Å². The van der Waals surface area contributed by atoms with Crippen molar-refractivity contribution in [2.24, 2.45) is 0 Å². The quantitative estimate of drug-likeness (QED) is 0.852. The molecule has 2 N–H and O–H groups in total. The number of benzene rings is 2. The lowest BCUT2D eigenvalue weighted by Gasteiger charge is -2.28. The molecule has 2 aromatic rings. The number of fused-ring (bicyclic) bond motifs is 1. The third-order valence-electron chi connectivity index (χ3n) is 4.25. The average Bonchev–Trinajstić information content (AvgIpc) is 2.65. The molecule has 1 heterocycles. The summed E-state index contributed by atoms with van der Waals surface area (Å²) in [7, 11) is 3.27. The Morgan fingerprint density at radius 1 is 1.21 bits per heavy atom. The molecule has 3 rings (SSSR count). The standard InChI is InChI=1S/C19H23NO4/c1-22-16-7-3-5-13(10-16)17(21)11-20-15-9-14-6-4-8-18(23-2)19(14)24-12-15/h3-8,10,15,17,20-21H,9,11-12H2,1-2H3/t15-,17-/m1/s1. The summed E-state index contributed by atoms with van der Waals surface area (Å²) >= 11 is 0. The number of rotatable bonds is 6. The molecule has 24 heavy (non-hydrogen) atoms. The molecule has 0 saturated heterocycles. The van der Waals surface area contributed by atoms with Crippen molar-refractivity contribution in [2.75, 3.05) is 27.4 Å². The Labute approximate surface area is 142 Å². The fraction of sp³-hybridized carbons (Fsp3) is 0.368. The van der Waals surface area contributed by atoms with Crippen LogP contribution in [0.1, 0.15) is 17.2 Å². The highest BCUT2D eigenvalue weighted by Crippen LogP contribution is 2.34. The second-order valence-electron chi connectivity index (χ2n) is 5.86. The number of para-hydroxylation sites is 1. The van der Waals surface area contributed by atoms with Crippen molar-refractivity contribution in [3.63, 3.8) is 0 Å². The third-order valence-corrected chi connectivity index (χ3v) is 4.25. The first kappa shape index (κ1) is 16.6. The second kappa shape index (κ2) is 7.55. The minimum atomic E-state index is -0.591. The van der Waals surface area contributed by atoms with Crippen LogP contribution in [0.25, 0.3) is 0 Å². The van der Waals surface area contributed by atoms with E-state index in [4.69, 9.17) is 14.2 Å². The minimum Gasteiger partial charge on any atom is -0.497 e. The largest absolute Gasteiger partial charge is 0.497 e. The van der Waals surface area contributed by atoms with Crippen molar-refractivity contribution in [1.29, 1.82) is 0 Å². The van der Waals surface area contributed by atoms with Crippen LogP contribution in [0, 0.1) is 0 Å². The molecular weight excluding hydrogens is 306 g/mol. The maximum Gasteiger partial charge on any atom is 0.164 e. The number of aliphatic hydroxyl groups is 1. The first-order chi connectivity index (χ1) is 11.7. The van der Waals surface area contributed by atoms with E-state index >= 15 is 0 Å². The molecule has 0 bridgehead atoms. The van der Waals surface area contributed by atoms with Gasteiger partial charge in [0.2, 0.25) is 0 Å². The summed E-state index contributed by atoms with van der Waals surface area (Å²) in [6, 6.07) is 13.6. The number of ether oxygens (including phenoxy) is 3. The van der Waals surface area contributed by atoms with E-state index in [1.54, 1.807) is 14.2 Å². The number of aliphatic hydroxyl groups excluding tert-OH is 1. The van der Waals surface area contributed by atoms with Crippen molar-refractivity contribution < 1.29 is 19.3 Å². The lowest BCUT2D eigenvalue weighted by molar-refractivity contribution is 0.156. The Hall–Kier alpha value is -2.24. The van der Waals surface area contributed by atoms with Crippen molar-refractivity contribution >= 4 is 0 Å². The van der Waals surface area contributed by atoms with Crippen LogP contribution in [-0.4, -0.2) is 38.5 Å². The van der Waals surface area contributed by atoms with Crippen LogP contribution >= 0.6 is 0 Å². The predicted molar refractivity (Wildman–Crippen MR) is 91.9 cm³/mol. The summed E-state index contributed by atoms with van der Waals surface area (Å²) in [4.78, 5) is 0.